The monoisotopic (exact) mass is 227 g/mol. The molecule has 0 saturated carbocycles. The summed E-state index contributed by atoms with van der Waals surface area (Å²) >= 11 is 0. The minimum atomic E-state index is -0.883. The maximum Gasteiger partial charge on any atom is 0.307 e. The average molecular weight is 227 g/mol. The molecule has 1 N–H and O–H groups in total. The predicted molar refractivity (Wildman–Crippen MR) is 59.8 cm³/mol. The Morgan fingerprint density at radius 3 is 2.56 bits per heavy atom. The number of aliphatic carboxylic acids is 1. The van der Waals surface area contributed by atoms with Crippen molar-refractivity contribution in [3.63, 3.8) is 0 Å². The first kappa shape index (κ1) is 14.4. The number of carboxylic acid groups (broad SMARTS) is 1. The highest BCUT2D eigenvalue weighted by molar-refractivity contribution is 5.78. The average Bonchev–Trinajstić information content (AvgIpc) is 2.23. The Labute approximate surface area is 95.0 Å². The Bertz CT molecular complexity index is 307. The van der Waals surface area contributed by atoms with Gasteiger partial charge in [0.25, 0.3) is 5.91 Å². The second kappa shape index (κ2) is 7.64. The van der Waals surface area contributed by atoms with Gasteiger partial charge in [-0.15, -0.1) is 0 Å². The number of carboxylic acids is 1. The summed E-state index contributed by atoms with van der Waals surface area (Å²) in [6.45, 7) is 1.79. The molecule has 0 atom stereocenters. The normalized spacial score (nSPS) is 11.8. The van der Waals surface area contributed by atoms with Gasteiger partial charge in [0.2, 0.25) is 0 Å². The van der Waals surface area contributed by atoms with Crippen molar-refractivity contribution in [1.29, 1.82) is 0 Å². The molecule has 0 unspecified atom stereocenters. The smallest absolute Gasteiger partial charge is 0.307 e. The lowest BCUT2D eigenvalue weighted by atomic mass is 10.3. The summed E-state index contributed by atoms with van der Waals surface area (Å²) in [4.78, 5) is 23.0. The highest BCUT2D eigenvalue weighted by Gasteiger charge is 2.08. The fourth-order valence-electron chi connectivity index (χ4n) is 0.905. The number of hydrogen-bond acceptors (Lipinski definition) is 3. The Kier molecular flexibility index (Phi) is 6.87. The fraction of sp³-hybridized carbons (Fsp3) is 0.455. The second-order valence-electron chi connectivity index (χ2n) is 3.22. The van der Waals surface area contributed by atoms with Crippen molar-refractivity contribution in [2.45, 2.75) is 13.3 Å². The van der Waals surface area contributed by atoms with Gasteiger partial charge in [0.15, 0.2) is 0 Å². The van der Waals surface area contributed by atoms with E-state index in [9.17, 15) is 9.59 Å². The zero-order valence-electron chi connectivity index (χ0n) is 9.77. The maximum atomic E-state index is 11.4. The Morgan fingerprint density at radius 1 is 1.44 bits per heavy atom. The summed E-state index contributed by atoms with van der Waals surface area (Å²) in [6.07, 6.45) is 4.77. The van der Waals surface area contributed by atoms with Crippen LogP contribution in [0.25, 0.3) is 0 Å². The van der Waals surface area contributed by atoms with Crippen LogP contribution in [0.2, 0.25) is 0 Å². The van der Waals surface area contributed by atoms with Crippen LogP contribution in [0.5, 0.6) is 0 Å². The summed E-state index contributed by atoms with van der Waals surface area (Å²) in [5.74, 6) is -1.03. The second-order valence-corrected chi connectivity index (χ2v) is 3.22. The molecular weight excluding hydrogens is 210 g/mol. The van der Waals surface area contributed by atoms with Gasteiger partial charge in [0.1, 0.15) is 6.61 Å². The molecule has 0 rings (SSSR count). The quantitative estimate of drug-likeness (QED) is 0.688. The van der Waals surface area contributed by atoms with Crippen LogP contribution in [0.1, 0.15) is 13.3 Å². The minimum Gasteiger partial charge on any atom is -0.481 e. The van der Waals surface area contributed by atoms with E-state index in [4.69, 9.17) is 9.84 Å². The molecule has 0 aromatic carbocycles. The van der Waals surface area contributed by atoms with Crippen LogP contribution in [-0.4, -0.2) is 42.6 Å². The molecule has 0 bridgehead atoms. The summed E-state index contributed by atoms with van der Waals surface area (Å²) in [7, 11) is 3.09. The molecule has 0 spiro atoms. The molecule has 0 heterocycles. The molecule has 16 heavy (non-hydrogen) atoms. The molecule has 90 valence electrons. The van der Waals surface area contributed by atoms with E-state index in [1.54, 1.807) is 26.1 Å². The third kappa shape index (κ3) is 5.98. The van der Waals surface area contributed by atoms with Gasteiger partial charge in [-0.05, 0) is 13.0 Å². The zero-order chi connectivity index (χ0) is 12.6. The molecule has 0 saturated heterocycles. The molecule has 0 radical (unpaired) electrons. The van der Waals surface area contributed by atoms with E-state index in [1.165, 1.54) is 18.1 Å². The number of likely N-dealkylation sites (N-methyl/N-ethyl adjacent to an activating group) is 1. The predicted octanol–water partition coefficient (Wildman–Crippen LogP) is 1.03. The number of carbonyl (C=O) groups is 2. The number of carbonyl (C=O) groups excluding carboxylic acids is 1. The lowest BCUT2D eigenvalue weighted by molar-refractivity contribution is -0.136. The van der Waals surface area contributed by atoms with Gasteiger partial charge in [-0.1, -0.05) is 12.2 Å². The van der Waals surface area contributed by atoms with Crippen LogP contribution in [0.4, 0.5) is 0 Å². The fourth-order valence-corrected chi connectivity index (χ4v) is 0.905. The number of rotatable bonds is 6. The number of hydrogen-bond donors (Lipinski definition) is 1. The number of methoxy groups -OCH3 is 1. The van der Waals surface area contributed by atoms with Gasteiger partial charge in [-0.2, -0.15) is 0 Å². The third-order valence-electron chi connectivity index (χ3n) is 1.94. The number of ether oxygens (including phenoxy) is 1. The first-order chi connectivity index (χ1) is 7.49. The van der Waals surface area contributed by atoms with Crippen molar-refractivity contribution in [2.24, 2.45) is 0 Å². The standard InChI is InChI=1S/C11H17NO4/c1-9(6-4-5-7-11(14)15)12(2)10(13)8-16-3/h4-6H,7-8H2,1-3H3,(H,14,15). The van der Waals surface area contributed by atoms with E-state index in [-0.39, 0.29) is 18.9 Å². The van der Waals surface area contributed by atoms with Crippen LogP contribution in [-0.2, 0) is 14.3 Å². The van der Waals surface area contributed by atoms with Gasteiger partial charge in [-0.3, -0.25) is 9.59 Å². The van der Waals surface area contributed by atoms with Crippen molar-refractivity contribution >= 4 is 11.9 Å². The van der Waals surface area contributed by atoms with E-state index in [0.29, 0.717) is 0 Å². The molecule has 1 amide bonds. The summed E-state index contributed by atoms with van der Waals surface area (Å²) in [5.41, 5.74) is 0.726. The summed E-state index contributed by atoms with van der Waals surface area (Å²) < 4.78 is 4.72. The van der Waals surface area contributed by atoms with Gasteiger partial charge < -0.3 is 14.7 Å². The summed E-state index contributed by atoms with van der Waals surface area (Å²) in [6, 6.07) is 0. The maximum absolute atomic E-state index is 11.4. The molecule has 0 aliphatic rings. The largest absolute Gasteiger partial charge is 0.481 e. The highest BCUT2D eigenvalue weighted by atomic mass is 16.5. The first-order valence-electron chi connectivity index (χ1n) is 4.79. The molecule has 0 aliphatic heterocycles. The third-order valence-corrected chi connectivity index (χ3v) is 1.94. The van der Waals surface area contributed by atoms with E-state index < -0.39 is 5.97 Å². The van der Waals surface area contributed by atoms with E-state index >= 15 is 0 Å². The van der Waals surface area contributed by atoms with Gasteiger partial charge in [0.05, 0.1) is 6.42 Å². The Hall–Kier alpha value is -1.62. The molecule has 0 aromatic heterocycles. The van der Waals surface area contributed by atoms with Crippen molar-refractivity contribution in [1.82, 2.24) is 4.90 Å². The number of amides is 1. The Balaban J connectivity index is 4.25. The van der Waals surface area contributed by atoms with Crippen molar-refractivity contribution in [3.05, 3.63) is 23.9 Å². The van der Waals surface area contributed by atoms with Gasteiger partial charge in [0, 0.05) is 19.9 Å². The first-order valence-corrected chi connectivity index (χ1v) is 4.79. The zero-order valence-corrected chi connectivity index (χ0v) is 9.77. The van der Waals surface area contributed by atoms with Gasteiger partial charge >= 0.3 is 5.97 Å². The van der Waals surface area contributed by atoms with Crippen LogP contribution >= 0.6 is 0 Å². The van der Waals surface area contributed by atoms with Gasteiger partial charge in [-0.25, -0.2) is 0 Å². The summed E-state index contributed by atoms with van der Waals surface area (Å²) in [5, 5.41) is 8.39. The van der Waals surface area contributed by atoms with E-state index in [2.05, 4.69) is 0 Å². The topological polar surface area (TPSA) is 66.8 Å². The van der Waals surface area contributed by atoms with Crippen molar-refractivity contribution < 1.29 is 19.4 Å². The lowest BCUT2D eigenvalue weighted by Crippen LogP contribution is -2.28. The van der Waals surface area contributed by atoms with E-state index in [0.717, 1.165) is 5.70 Å². The molecule has 5 nitrogen and oxygen atoms in total. The van der Waals surface area contributed by atoms with Crippen molar-refractivity contribution in [2.75, 3.05) is 20.8 Å². The molecule has 0 aromatic rings. The van der Waals surface area contributed by atoms with Crippen LogP contribution in [0.3, 0.4) is 0 Å². The Morgan fingerprint density at radius 2 is 2.06 bits per heavy atom. The lowest BCUT2D eigenvalue weighted by Gasteiger charge is -2.16. The number of allylic oxidation sites excluding steroid dienone is 3. The number of nitrogens with zero attached hydrogens (tertiary/aromatic N) is 1. The molecule has 0 fully saturated rings. The van der Waals surface area contributed by atoms with Crippen LogP contribution in [0.15, 0.2) is 23.9 Å². The molecule has 5 heteroatoms. The highest BCUT2D eigenvalue weighted by Crippen LogP contribution is 2.01. The van der Waals surface area contributed by atoms with Crippen molar-refractivity contribution in [3.8, 4) is 0 Å². The minimum absolute atomic E-state index is 0.0283. The molecular formula is C11H17NO4. The molecule has 0 aliphatic carbocycles. The van der Waals surface area contributed by atoms with Crippen LogP contribution in [0, 0.1) is 0 Å². The van der Waals surface area contributed by atoms with Crippen LogP contribution < -0.4 is 0 Å². The SMILES string of the molecule is COCC(=O)N(C)C(C)=CC=CCC(=O)O. The van der Waals surface area contributed by atoms with E-state index in [1.807, 2.05) is 0 Å².